The van der Waals surface area contributed by atoms with Crippen LogP contribution in [-0.4, -0.2) is 28.8 Å². The second-order valence-corrected chi connectivity index (χ2v) is 6.97. The molecule has 0 aliphatic heterocycles. The molecule has 0 bridgehead atoms. The van der Waals surface area contributed by atoms with E-state index >= 15 is 0 Å². The van der Waals surface area contributed by atoms with E-state index < -0.39 is 22.9 Å². The van der Waals surface area contributed by atoms with Crippen LogP contribution in [0, 0.1) is 0 Å². The number of rotatable bonds is 3. The zero-order chi connectivity index (χ0) is 11.7. The van der Waals surface area contributed by atoms with Crippen LogP contribution in [0.25, 0.3) is 0 Å². The maximum Gasteiger partial charge on any atom is 0.340 e. The molecule has 15 heavy (non-hydrogen) atoms. The lowest BCUT2D eigenvalue weighted by molar-refractivity contribution is 0.378. The molecule has 0 atom stereocenters. The van der Waals surface area contributed by atoms with Crippen LogP contribution in [-0.2, 0) is 14.4 Å². The summed E-state index contributed by atoms with van der Waals surface area (Å²) < 4.78 is 33.3. The van der Waals surface area contributed by atoms with E-state index in [1.165, 1.54) is 0 Å². The summed E-state index contributed by atoms with van der Waals surface area (Å²) in [7, 11) is -8.62. The Bertz CT molecular complexity index is 485. The summed E-state index contributed by atoms with van der Waals surface area (Å²) in [6.45, 7) is 0. The van der Waals surface area contributed by atoms with Gasteiger partial charge in [0.2, 0.25) is 0 Å². The highest BCUT2D eigenvalue weighted by Gasteiger charge is 2.26. The van der Waals surface area contributed by atoms with Crippen LogP contribution in [0.15, 0.2) is 29.2 Å². The summed E-state index contributed by atoms with van der Waals surface area (Å²) in [6.07, 6.45) is 0. The average molecular weight is 252 g/mol. The molecule has 6 nitrogen and oxygen atoms in total. The minimum atomic E-state index is -4.62. The lowest BCUT2D eigenvalue weighted by Gasteiger charge is -2.05. The maximum atomic E-state index is 11.4. The van der Waals surface area contributed by atoms with Crippen molar-refractivity contribution in [1.82, 2.24) is 0 Å². The molecular weight excluding hydrogens is 243 g/mol. The molecule has 0 radical (unpaired) electrons. The van der Waals surface area contributed by atoms with Gasteiger partial charge in [-0.2, -0.15) is 0 Å². The molecule has 0 saturated heterocycles. The van der Waals surface area contributed by atoms with Gasteiger partial charge in [-0.15, -0.1) is 0 Å². The second-order valence-electron chi connectivity index (χ2n) is 2.90. The molecule has 0 aromatic heterocycles. The van der Waals surface area contributed by atoms with Crippen LogP contribution >= 0.6 is 7.60 Å². The van der Waals surface area contributed by atoms with E-state index in [0.29, 0.717) is 0 Å². The zero-order valence-electron chi connectivity index (χ0n) is 7.44. The number of sulfone groups is 1. The normalized spacial score (nSPS) is 12.7. The molecule has 0 aliphatic rings. The van der Waals surface area contributed by atoms with Crippen molar-refractivity contribution in [3.63, 3.8) is 0 Å². The molecule has 0 saturated carbocycles. The van der Waals surface area contributed by atoms with Crippen LogP contribution in [0.5, 0.6) is 5.75 Å². The van der Waals surface area contributed by atoms with E-state index in [9.17, 15) is 13.0 Å². The molecular formula is C7H9O6PS. The Labute approximate surface area is 86.3 Å². The summed E-state index contributed by atoms with van der Waals surface area (Å²) in [4.78, 5) is 16.9. The first kappa shape index (κ1) is 12.2. The zero-order valence-corrected chi connectivity index (χ0v) is 9.15. The third kappa shape index (κ3) is 3.64. The van der Waals surface area contributed by atoms with Gasteiger partial charge in [0.15, 0.2) is 15.3 Å². The van der Waals surface area contributed by atoms with Crippen molar-refractivity contribution in [3.05, 3.63) is 24.3 Å². The fourth-order valence-electron chi connectivity index (χ4n) is 0.949. The molecule has 8 heteroatoms. The molecule has 3 N–H and O–H groups in total. The highest BCUT2D eigenvalue weighted by molar-refractivity contribution is 7.97. The molecule has 84 valence electrons. The lowest BCUT2D eigenvalue weighted by Crippen LogP contribution is -2.06. The van der Waals surface area contributed by atoms with Gasteiger partial charge in [-0.1, -0.05) is 0 Å². The SMILES string of the molecule is O=P(O)(O)CS(=O)(=O)c1ccc(O)cc1. The molecule has 0 heterocycles. The van der Waals surface area contributed by atoms with Gasteiger partial charge in [-0.25, -0.2) is 8.42 Å². The molecule has 0 amide bonds. The van der Waals surface area contributed by atoms with E-state index in [2.05, 4.69) is 0 Å². The summed E-state index contributed by atoms with van der Waals surface area (Å²) in [5, 5.41) is 8.91. The van der Waals surface area contributed by atoms with Gasteiger partial charge in [0.05, 0.1) is 4.90 Å². The van der Waals surface area contributed by atoms with Gasteiger partial charge >= 0.3 is 7.60 Å². The molecule has 0 fully saturated rings. The van der Waals surface area contributed by atoms with Crippen LogP contribution < -0.4 is 0 Å². The van der Waals surface area contributed by atoms with Crippen molar-refractivity contribution in [2.75, 3.05) is 5.49 Å². The number of hydrogen-bond acceptors (Lipinski definition) is 4. The van der Waals surface area contributed by atoms with Crippen molar-refractivity contribution >= 4 is 17.4 Å². The highest BCUT2D eigenvalue weighted by atomic mass is 32.2. The van der Waals surface area contributed by atoms with Crippen molar-refractivity contribution in [3.8, 4) is 5.75 Å². The maximum absolute atomic E-state index is 11.4. The Hall–Kier alpha value is -0.880. The molecule has 0 unspecified atom stereocenters. The predicted octanol–water partition coefficient (Wildman–Crippen LogP) is 0.301. The van der Waals surface area contributed by atoms with Gasteiger partial charge in [0.1, 0.15) is 5.75 Å². The highest BCUT2D eigenvalue weighted by Crippen LogP contribution is 2.38. The predicted molar refractivity (Wildman–Crippen MR) is 52.2 cm³/mol. The van der Waals surface area contributed by atoms with E-state index in [1.807, 2.05) is 0 Å². The quantitative estimate of drug-likeness (QED) is 0.667. The Morgan fingerprint density at radius 3 is 2.00 bits per heavy atom. The second kappa shape index (κ2) is 3.94. The summed E-state index contributed by atoms with van der Waals surface area (Å²) in [5.41, 5.74) is -1.23. The van der Waals surface area contributed by atoms with Gasteiger partial charge < -0.3 is 14.9 Å². The van der Waals surface area contributed by atoms with Crippen LogP contribution in [0.1, 0.15) is 0 Å². The fraction of sp³-hybridized carbons (Fsp3) is 0.143. The minimum Gasteiger partial charge on any atom is -0.508 e. The molecule has 1 rings (SSSR count). The smallest absolute Gasteiger partial charge is 0.340 e. The largest absolute Gasteiger partial charge is 0.508 e. The van der Waals surface area contributed by atoms with Crippen LogP contribution in [0.3, 0.4) is 0 Å². The molecule has 0 spiro atoms. The Morgan fingerprint density at radius 2 is 1.60 bits per heavy atom. The first-order valence-corrected chi connectivity index (χ1v) is 7.22. The first-order valence-electron chi connectivity index (χ1n) is 3.77. The number of hydrogen-bond donors (Lipinski definition) is 3. The number of aromatic hydroxyl groups is 1. The Morgan fingerprint density at radius 1 is 1.13 bits per heavy atom. The van der Waals surface area contributed by atoms with Gasteiger partial charge in [-0.3, -0.25) is 4.57 Å². The third-order valence-electron chi connectivity index (χ3n) is 1.53. The van der Waals surface area contributed by atoms with E-state index in [1.54, 1.807) is 0 Å². The number of phenolic OH excluding ortho intramolecular Hbond substituents is 1. The Kier molecular flexibility index (Phi) is 3.20. The monoisotopic (exact) mass is 252 g/mol. The number of benzene rings is 1. The summed E-state index contributed by atoms with van der Waals surface area (Å²) in [6, 6.07) is 4.43. The lowest BCUT2D eigenvalue weighted by atomic mass is 10.3. The van der Waals surface area contributed by atoms with E-state index in [4.69, 9.17) is 14.9 Å². The fourth-order valence-corrected chi connectivity index (χ4v) is 3.87. The topological polar surface area (TPSA) is 112 Å². The first-order chi connectivity index (χ1) is 6.71. The third-order valence-corrected chi connectivity index (χ3v) is 5.23. The molecule has 0 aliphatic carbocycles. The van der Waals surface area contributed by atoms with Gasteiger partial charge in [0.25, 0.3) is 0 Å². The minimum absolute atomic E-state index is 0.120. The van der Waals surface area contributed by atoms with E-state index in [-0.39, 0.29) is 10.6 Å². The van der Waals surface area contributed by atoms with Gasteiger partial charge in [-0.05, 0) is 24.3 Å². The Balaban J connectivity index is 3.07. The van der Waals surface area contributed by atoms with E-state index in [0.717, 1.165) is 24.3 Å². The summed E-state index contributed by atoms with van der Waals surface area (Å²) >= 11 is 0. The summed E-state index contributed by atoms with van der Waals surface area (Å²) in [5.74, 6) is -0.120. The van der Waals surface area contributed by atoms with Crippen LogP contribution in [0.4, 0.5) is 0 Å². The van der Waals surface area contributed by atoms with Crippen molar-refractivity contribution in [2.24, 2.45) is 0 Å². The van der Waals surface area contributed by atoms with Crippen molar-refractivity contribution < 1.29 is 27.9 Å². The molecule has 1 aromatic carbocycles. The van der Waals surface area contributed by atoms with Crippen molar-refractivity contribution in [1.29, 1.82) is 0 Å². The van der Waals surface area contributed by atoms with Crippen LogP contribution in [0.2, 0.25) is 0 Å². The average Bonchev–Trinajstić information content (AvgIpc) is 2.00. The number of phenols is 1. The van der Waals surface area contributed by atoms with Gasteiger partial charge in [0, 0.05) is 0 Å². The standard InChI is InChI=1S/C7H9O6PS/c8-6-1-3-7(4-2-6)15(12,13)5-14(9,10)11/h1-4,8H,5H2,(H2,9,10,11). The molecule has 1 aromatic rings. The van der Waals surface area contributed by atoms with Crippen molar-refractivity contribution in [2.45, 2.75) is 4.90 Å².